The second-order valence-corrected chi connectivity index (χ2v) is 5.12. The van der Waals surface area contributed by atoms with Crippen molar-refractivity contribution in [3.63, 3.8) is 0 Å². The second-order valence-electron chi connectivity index (χ2n) is 4.67. The van der Waals surface area contributed by atoms with Crippen LogP contribution in [0.2, 0.25) is 0 Å². The summed E-state index contributed by atoms with van der Waals surface area (Å²) in [6, 6.07) is 6.34. The Morgan fingerprint density at radius 3 is 3.00 bits per heavy atom. The Balaban J connectivity index is 1.89. The highest BCUT2D eigenvalue weighted by molar-refractivity contribution is 7.80. The molecule has 0 bridgehead atoms. The van der Waals surface area contributed by atoms with Crippen molar-refractivity contribution in [1.82, 2.24) is 5.32 Å². The van der Waals surface area contributed by atoms with Crippen molar-refractivity contribution >= 4 is 24.2 Å². The summed E-state index contributed by atoms with van der Waals surface area (Å²) < 4.78 is 0. The second kappa shape index (κ2) is 6.25. The van der Waals surface area contributed by atoms with Gasteiger partial charge in [0, 0.05) is 12.7 Å². The molecule has 1 heterocycles. The molecule has 0 fully saturated rings. The number of thiol groups is 1. The lowest BCUT2D eigenvalue weighted by molar-refractivity contribution is -0.117. The van der Waals surface area contributed by atoms with Crippen molar-refractivity contribution in [3.05, 3.63) is 29.3 Å². The number of carbonyl (C=O) groups excluding carboxylic acids is 1. The van der Waals surface area contributed by atoms with E-state index in [2.05, 4.69) is 36.1 Å². The predicted octanol–water partition coefficient (Wildman–Crippen LogP) is 1.66. The quantitative estimate of drug-likeness (QED) is 0.605. The van der Waals surface area contributed by atoms with Gasteiger partial charge in [0.2, 0.25) is 5.91 Å². The molecule has 1 N–H and O–H groups in total. The first-order chi connectivity index (χ1) is 8.72. The number of amides is 1. The van der Waals surface area contributed by atoms with Crippen molar-refractivity contribution in [3.8, 4) is 0 Å². The van der Waals surface area contributed by atoms with Gasteiger partial charge in [0.25, 0.3) is 0 Å². The molecule has 0 saturated carbocycles. The molecular formula is C14H20N2OS. The minimum absolute atomic E-state index is 0.189. The molecule has 1 amide bonds. The zero-order valence-corrected chi connectivity index (χ0v) is 11.7. The lowest BCUT2D eigenvalue weighted by atomic mass is 10.1. The van der Waals surface area contributed by atoms with Gasteiger partial charge >= 0.3 is 0 Å². The van der Waals surface area contributed by atoms with E-state index in [1.807, 2.05) is 7.05 Å². The Morgan fingerprint density at radius 2 is 2.22 bits per heavy atom. The van der Waals surface area contributed by atoms with E-state index >= 15 is 0 Å². The number of hydrogen-bond acceptors (Lipinski definition) is 3. The maximum Gasteiger partial charge on any atom is 0.231 e. The number of likely N-dealkylation sites (N-methyl/N-ethyl adjacent to an activating group) is 1. The average Bonchev–Trinajstić information content (AvgIpc) is 2.65. The highest BCUT2D eigenvalue weighted by atomic mass is 32.1. The molecule has 0 aliphatic carbocycles. The summed E-state index contributed by atoms with van der Waals surface area (Å²) in [5.41, 5.74) is 3.53. The number of nitrogens with zero attached hydrogens (tertiary/aromatic N) is 1. The van der Waals surface area contributed by atoms with Crippen molar-refractivity contribution in [2.75, 3.05) is 30.8 Å². The Labute approximate surface area is 114 Å². The first kappa shape index (κ1) is 13.4. The van der Waals surface area contributed by atoms with E-state index in [0.717, 1.165) is 42.9 Å². The van der Waals surface area contributed by atoms with Gasteiger partial charge in [-0.2, -0.15) is 12.6 Å². The normalized spacial score (nSPS) is 14.1. The van der Waals surface area contributed by atoms with E-state index < -0.39 is 0 Å². The molecule has 1 aromatic rings. The maximum absolute atomic E-state index is 11.6. The fourth-order valence-corrected chi connectivity index (χ4v) is 2.40. The molecule has 0 aromatic heterocycles. The van der Waals surface area contributed by atoms with Gasteiger partial charge in [0.1, 0.15) is 0 Å². The number of rotatable bonds is 6. The highest BCUT2D eigenvalue weighted by Gasteiger charge is 2.23. The largest absolute Gasteiger partial charge is 0.316 e. The van der Waals surface area contributed by atoms with Gasteiger partial charge in [0.05, 0.1) is 6.42 Å². The molecule has 3 nitrogen and oxygen atoms in total. The molecule has 2 rings (SSSR count). The van der Waals surface area contributed by atoms with E-state index in [4.69, 9.17) is 0 Å². The van der Waals surface area contributed by atoms with Crippen LogP contribution in [0.5, 0.6) is 0 Å². The molecule has 98 valence electrons. The number of carbonyl (C=O) groups is 1. The zero-order chi connectivity index (χ0) is 13.0. The van der Waals surface area contributed by atoms with Gasteiger partial charge in [-0.25, -0.2) is 0 Å². The standard InChI is InChI=1S/C14H20N2OS/c1-16-13-4-3-11(5-7-15-6-2-8-18)9-12(13)10-14(16)17/h3-4,9,15,18H,2,5-8,10H2,1H3. The molecule has 1 aliphatic rings. The SMILES string of the molecule is CN1C(=O)Cc2cc(CCNCCCS)ccc21. The van der Waals surface area contributed by atoms with E-state index in [1.54, 1.807) is 4.90 Å². The summed E-state index contributed by atoms with van der Waals surface area (Å²) in [5.74, 6) is 1.12. The molecule has 0 unspecified atom stereocenters. The van der Waals surface area contributed by atoms with Crippen LogP contribution in [0.15, 0.2) is 18.2 Å². The van der Waals surface area contributed by atoms with Gasteiger partial charge in [-0.1, -0.05) is 12.1 Å². The molecule has 0 saturated heterocycles. The Bertz CT molecular complexity index is 434. The first-order valence-electron chi connectivity index (χ1n) is 6.42. The summed E-state index contributed by atoms with van der Waals surface area (Å²) in [5, 5.41) is 3.39. The van der Waals surface area contributed by atoms with Crippen LogP contribution in [0.3, 0.4) is 0 Å². The maximum atomic E-state index is 11.6. The van der Waals surface area contributed by atoms with Crippen LogP contribution in [0.1, 0.15) is 17.5 Å². The van der Waals surface area contributed by atoms with Crippen LogP contribution in [0, 0.1) is 0 Å². The van der Waals surface area contributed by atoms with E-state index in [1.165, 1.54) is 5.56 Å². The van der Waals surface area contributed by atoms with Gasteiger partial charge in [-0.3, -0.25) is 4.79 Å². The molecular weight excluding hydrogens is 244 g/mol. The summed E-state index contributed by atoms with van der Waals surface area (Å²) >= 11 is 4.18. The van der Waals surface area contributed by atoms with E-state index in [-0.39, 0.29) is 5.91 Å². The van der Waals surface area contributed by atoms with Crippen molar-refractivity contribution in [2.24, 2.45) is 0 Å². The van der Waals surface area contributed by atoms with Crippen molar-refractivity contribution in [2.45, 2.75) is 19.3 Å². The molecule has 0 atom stereocenters. The lowest BCUT2D eigenvalue weighted by Gasteiger charge is -2.10. The average molecular weight is 264 g/mol. The highest BCUT2D eigenvalue weighted by Crippen LogP contribution is 2.28. The van der Waals surface area contributed by atoms with Crippen molar-refractivity contribution in [1.29, 1.82) is 0 Å². The Kier molecular flexibility index (Phi) is 4.66. The minimum atomic E-state index is 0.189. The molecule has 4 heteroatoms. The van der Waals surface area contributed by atoms with Crippen LogP contribution in [-0.4, -0.2) is 31.8 Å². The number of fused-ring (bicyclic) bond motifs is 1. The molecule has 18 heavy (non-hydrogen) atoms. The molecule has 0 spiro atoms. The summed E-state index contributed by atoms with van der Waals surface area (Å²) in [4.78, 5) is 13.3. The third kappa shape index (κ3) is 3.06. The van der Waals surface area contributed by atoms with Crippen LogP contribution < -0.4 is 10.2 Å². The first-order valence-corrected chi connectivity index (χ1v) is 7.05. The van der Waals surface area contributed by atoms with Gasteiger partial charge < -0.3 is 10.2 Å². The summed E-state index contributed by atoms with van der Waals surface area (Å²) in [7, 11) is 1.84. The number of benzene rings is 1. The third-order valence-electron chi connectivity index (χ3n) is 3.32. The number of hydrogen-bond donors (Lipinski definition) is 2. The van der Waals surface area contributed by atoms with E-state index in [0.29, 0.717) is 6.42 Å². The Hall–Kier alpha value is -1.00. The fraction of sp³-hybridized carbons (Fsp3) is 0.500. The van der Waals surface area contributed by atoms with Crippen LogP contribution >= 0.6 is 12.6 Å². The fourth-order valence-electron chi connectivity index (χ4n) is 2.24. The molecule has 1 aliphatic heterocycles. The van der Waals surface area contributed by atoms with Crippen LogP contribution in [0.25, 0.3) is 0 Å². The number of anilines is 1. The van der Waals surface area contributed by atoms with Gasteiger partial charge in [-0.15, -0.1) is 0 Å². The smallest absolute Gasteiger partial charge is 0.231 e. The van der Waals surface area contributed by atoms with Crippen molar-refractivity contribution < 1.29 is 4.79 Å². The van der Waals surface area contributed by atoms with Gasteiger partial charge in [-0.05, 0) is 48.9 Å². The van der Waals surface area contributed by atoms with Gasteiger partial charge in [0.15, 0.2) is 0 Å². The monoisotopic (exact) mass is 264 g/mol. The summed E-state index contributed by atoms with van der Waals surface area (Å²) in [6.45, 7) is 2.01. The topological polar surface area (TPSA) is 32.3 Å². The Morgan fingerprint density at radius 1 is 1.39 bits per heavy atom. The zero-order valence-electron chi connectivity index (χ0n) is 10.8. The minimum Gasteiger partial charge on any atom is -0.316 e. The molecule has 1 aromatic carbocycles. The third-order valence-corrected chi connectivity index (χ3v) is 3.64. The number of nitrogens with one attached hydrogen (secondary N) is 1. The summed E-state index contributed by atoms with van der Waals surface area (Å²) in [6.07, 6.45) is 2.66. The van der Waals surface area contributed by atoms with Crippen LogP contribution in [0.4, 0.5) is 5.69 Å². The van der Waals surface area contributed by atoms with Crippen LogP contribution in [-0.2, 0) is 17.6 Å². The van der Waals surface area contributed by atoms with E-state index in [9.17, 15) is 4.79 Å². The predicted molar refractivity (Wildman–Crippen MR) is 78.6 cm³/mol. The lowest BCUT2D eigenvalue weighted by Crippen LogP contribution is -2.20. The molecule has 0 radical (unpaired) electrons.